The predicted octanol–water partition coefficient (Wildman–Crippen LogP) is 4.90. The second kappa shape index (κ2) is 8.90. The molecule has 0 radical (unpaired) electrons. The van der Waals surface area contributed by atoms with E-state index in [1.807, 2.05) is 86.6 Å². The number of rotatable bonds is 7. The molecule has 0 aliphatic rings. The molecule has 4 heteroatoms. The number of anilines is 1. The van der Waals surface area contributed by atoms with Gasteiger partial charge in [-0.2, -0.15) is 0 Å². The molecule has 0 fully saturated rings. The van der Waals surface area contributed by atoms with Crippen LogP contribution >= 0.6 is 0 Å². The Morgan fingerprint density at radius 2 is 1.63 bits per heavy atom. The van der Waals surface area contributed by atoms with Gasteiger partial charge in [0, 0.05) is 5.69 Å². The quantitative estimate of drug-likeness (QED) is 0.651. The average molecular weight is 361 g/mol. The van der Waals surface area contributed by atoms with Crippen LogP contribution in [0, 0.1) is 13.8 Å². The molecule has 138 valence electrons. The van der Waals surface area contributed by atoms with Crippen molar-refractivity contribution in [2.45, 2.75) is 20.5 Å². The summed E-state index contributed by atoms with van der Waals surface area (Å²) in [5, 5.41) is 2.82. The Balaban J connectivity index is 1.48. The SMILES string of the molecule is Cc1ccc(OCC(=O)Nc2ccc(OCc3ccccc3)cc2)c(C)c1. The molecule has 27 heavy (non-hydrogen) atoms. The molecule has 0 aliphatic carbocycles. The van der Waals surface area contributed by atoms with Gasteiger partial charge in [-0.1, -0.05) is 48.0 Å². The third-order valence-corrected chi connectivity index (χ3v) is 4.08. The zero-order chi connectivity index (χ0) is 19.1. The summed E-state index contributed by atoms with van der Waals surface area (Å²) < 4.78 is 11.3. The number of amides is 1. The predicted molar refractivity (Wildman–Crippen MR) is 107 cm³/mol. The third kappa shape index (κ3) is 5.61. The summed E-state index contributed by atoms with van der Waals surface area (Å²) in [6.07, 6.45) is 0. The van der Waals surface area contributed by atoms with E-state index in [4.69, 9.17) is 9.47 Å². The van der Waals surface area contributed by atoms with Gasteiger partial charge in [0.05, 0.1) is 0 Å². The Morgan fingerprint density at radius 3 is 2.33 bits per heavy atom. The maximum Gasteiger partial charge on any atom is 0.262 e. The van der Waals surface area contributed by atoms with Crippen molar-refractivity contribution in [3.8, 4) is 11.5 Å². The normalized spacial score (nSPS) is 10.3. The highest BCUT2D eigenvalue weighted by Gasteiger charge is 2.06. The molecule has 3 rings (SSSR count). The van der Waals surface area contributed by atoms with E-state index < -0.39 is 0 Å². The lowest BCUT2D eigenvalue weighted by Gasteiger charge is -2.11. The van der Waals surface area contributed by atoms with Crippen LogP contribution < -0.4 is 14.8 Å². The van der Waals surface area contributed by atoms with Gasteiger partial charge in [0.2, 0.25) is 0 Å². The van der Waals surface area contributed by atoms with Gasteiger partial charge in [-0.15, -0.1) is 0 Å². The molecular weight excluding hydrogens is 338 g/mol. The first-order chi connectivity index (χ1) is 13.1. The number of ether oxygens (including phenoxy) is 2. The van der Waals surface area contributed by atoms with Crippen LogP contribution in [0.25, 0.3) is 0 Å². The molecule has 0 saturated heterocycles. The van der Waals surface area contributed by atoms with Crippen LogP contribution in [0.15, 0.2) is 72.8 Å². The van der Waals surface area contributed by atoms with Gasteiger partial charge >= 0.3 is 0 Å². The molecule has 0 atom stereocenters. The number of hydrogen-bond acceptors (Lipinski definition) is 3. The largest absolute Gasteiger partial charge is 0.489 e. The number of aryl methyl sites for hydroxylation is 2. The van der Waals surface area contributed by atoms with E-state index in [9.17, 15) is 4.79 Å². The van der Waals surface area contributed by atoms with Crippen molar-refractivity contribution >= 4 is 11.6 Å². The van der Waals surface area contributed by atoms with Crippen LogP contribution in [0.5, 0.6) is 11.5 Å². The van der Waals surface area contributed by atoms with Gasteiger partial charge in [-0.3, -0.25) is 4.79 Å². The second-order valence-electron chi connectivity index (χ2n) is 6.40. The number of nitrogens with one attached hydrogen (secondary N) is 1. The molecule has 3 aromatic rings. The summed E-state index contributed by atoms with van der Waals surface area (Å²) in [7, 11) is 0. The molecule has 0 aliphatic heterocycles. The minimum atomic E-state index is -0.201. The van der Waals surface area contributed by atoms with Gasteiger partial charge < -0.3 is 14.8 Å². The third-order valence-electron chi connectivity index (χ3n) is 4.08. The first-order valence-corrected chi connectivity index (χ1v) is 8.87. The fourth-order valence-electron chi connectivity index (χ4n) is 2.68. The zero-order valence-corrected chi connectivity index (χ0v) is 15.6. The van der Waals surface area contributed by atoms with Crippen LogP contribution in [0.4, 0.5) is 5.69 Å². The monoisotopic (exact) mass is 361 g/mol. The molecule has 0 spiro atoms. The first kappa shape index (κ1) is 18.5. The average Bonchev–Trinajstić information content (AvgIpc) is 2.67. The summed E-state index contributed by atoms with van der Waals surface area (Å²) in [4.78, 5) is 12.1. The van der Waals surface area contributed by atoms with Crippen molar-refractivity contribution in [3.05, 3.63) is 89.5 Å². The summed E-state index contributed by atoms with van der Waals surface area (Å²) in [5.41, 5.74) is 4.00. The van der Waals surface area contributed by atoms with Gasteiger partial charge in [-0.25, -0.2) is 0 Å². The summed E-state index contributed by atoms with van der Waals surface area (Å²) in [6.45, 7) is 4.47. The number of carbonyl (C=O) groups excluding carboxylic acids is 1. The molecule has 0 saturated carbocycles. The Kier molecular flexibility index (Phi) is 6.10. The van der Waals surface area contributed by atoms with E-state index in [1.165, 1.54) is 5.56 Å². The maximum atomic E-state index is 12.1. The van der Waals surface area contributed by atoms with Crippen LogP contribution in [0.1, 0.15) is 16.7 Å². The minimum Gasteiger partial charge on any atom is -0.489 e. The van der Waals surface area contributed by atoms with E-state index >= 15 is 0 Å². The Labute approximate surface area is 159 Å². The lowest BCUT2D eigenvalue weighted by Crippen LogP contribution is -2.20. The molecule has 1 amide bonds. The molecule has 0 bridgehead atoms. The molecule has 0 unspecified atom stereocenters. The van der Waals surface area contributed by atoms with Crippen molar-refractivity contribution in [1.29, 1.82) is 0 Å². The van der Waals surface area contributed by atoms with Crippen molar-refractivity contribution in [3.63, 3.8) is 0 Å². The lowest BCUT2D eigenvalue weighted by atomic mass is 10.1. The standard InChI is InChI=1S/C23H23NO3/c1-17-8-13-22(18(2)14-17)27-16-23(25)24-20-9-11-21(12-10-20)26-15-19-6-4-3-5-7-19/h3-14H,15-16H2,1-2H3,(H,24,25). The number of carbonyl (C=O) groups is 1. The Hall–Kier alpha value is -3.27. The van der Waals surface area contributed by atoms with E-state index in [-0.39, 0.29) is 12.5 Å². The molecule has 0 aromatic heterocycles. The van der Waals surface area contributed by atoms with Crippen molar-refractivity contribution in [2.75, 3.05) is 11.9 Å². The van der Waals surface area contributed by atoms with E-state index in [2.05, 4.69) is 5.32 Å². The van der Waals surface area contributed by atoms with Crippen LogP contribution in [-0.4, -0.2) is 12.5 Å². The highest BCUT2D eigenvalue weighted by molar-refractivity contribution is 5.91. The van der Waals surface area contributed by atoms with Crippen molar-refractivity contribution in [1.82, 2.24) is 0 Å². The van der Waals surface area contributed by atoms with E-state index in [0.29, 0.717) is 12.3 Å². The number of benzene rings is 3. The molecular formula is C23H23NO3. The second-order valence-corrected chi connectivity index (χ2v) is 6.40. The molecule has 3 aromatic carbocycles. The molecule has 4 nitrogen and oxygen atoms in total. The Morgan fingerprint density at radius 1 is 0.889 bits per heavy atom. The number of hydrogen-bond donors (Lipinski definition) is 1. The highest BCUT2D eigenvalue weighted by atomic mass is 16.5. The molecule has 1 N–H and O–H groups in total. The van der Waals surface area contributed by atoms with Crippen molar-refractivity contribution < 1.29 is 14.3 Å². The van der Waals surface area contributed by atoms with Crippen LogP contribution in [-0.2, 0) is 11.4 Å². The fourth-order valence-corrected chi connectivity index (χ4v) is 2.68. The summed E-state index contributed by atoms with van der Waals surface area (Å²) in [5.74, 6) is 1.27. The minimum absolute atomic E-state index is 0.0316. The van der Waals surface area contributed by atoms with Gasteiger partial charge in [0.25, 0.3) is 5.91 Å². The fraction of sp³-hybridized carbons (Fsp3) is 0.174. The maximum absolute atomic E-state index is 12.1. The zero-order valence-electron chi connectivity index (χ0n) is 15.6. The van der Waals surface area contributed by atoms with Crippen molar-refractivity contribution in [2.24, 2.45) is 0 Å². The van der Waals surface area contributed by atoms with Gasteiger partial charge in [-0.05, 0) is 55.3 Å². The molecule has 0 heterocycles. The summed E-state index contributed by atoms with van der Waals surface area (Å²) in [6, 6.07) is 23.2. The summed E-state index contributed by atoms with van der Waals surface area (Å²) >= 11 is 0. The lowest BCUT2D eigenvalue weighted by molar-refractivity contribution is -0.118. The highest BCUT2D eigenvalue weighted by Crippen LogP contribution is 2.19. The van der Waals surface area contributed by atoms with Crippen LogP contribution in [0.3, 0.4) is 0 Å². The van der Waals surface area contributed by atoms with E-state index in [0.717, 1.165) is 22.6 Å². The van der Waals surface area contributed by atoms with E-state index in [1.54, 1.807) is 0 Å². The van der Waals surface area contributed by atoms with Gasteiger partial charge in [0.15, 0.2) is 6.61 Å². The van der Waals surface area contributed by atoms with Gasteiger partial charge in [0.1, 0.15) is 18.1 Å². The smallest absolute Gasteiger partial charge is 0.262 e. The first-order valence-electron chi connectivity index (χ1n) is 8.87. The van der Waals surface area contributed by atoms with Crippen LogP contribution in [0.2, 0.25) is 0 Å². The Bertz CT molecular complexity index is 889. The topological polar surface area (TPSA) is 47.6 Å².